The first kappa shape index (κ1) is 33.7. The van der Waals surface area contributed by atoms with Crippen molar-refractivity contribution in [2.75, 3.05) is 6.16 Å². The maximum atomic E-state index is 7.50. The van der Waals surface area contributed by atoms with Crippen molar-refractivity contribution in [3.63, 3.8) is 0 Å². The molecule has 184 valence electrons. The van der Waals surface area contributed by atoms with Crippen molar-refractivity contribution >= 4 is 35.7 Å². The number of hydrogen-bond donors (Lipinski definition) is 0. The summed E-state index contributed by atoms with van der Waals surface area (Å²) in [6, 6.07) is 6.93. The van der Waals surface area contributed by atoms with Crippen molar-refractivity contribution in [2.45, 2.75) is 90.6 Å². The van der Waals surface area contributed by atoms with Crippen LogP contribution in [0.1, 0.15) is 66.5 Å². The summed E-state index contributed by atoms with van der Waals surface area (Å²) >= 11 is 0. The minimum absolute atomic E-state index is 0. The molecule has 1 aromatic rings. The van der Waals surface area contributed by atoms with Crippen LogP contribution >= 0.6 is 15.8 Å². The Hall–Kier alpha value is -0.342. The summed E-state index contributed by atoms with van der Waals surface area (Å²) in [5.74, 6) is 0.459. The van der Waals surface area contributed by atoms with Crippen LogP contribution in [0.5, 0.6) is 0 Å². The summed E-state index contributed by atoms with van der Waals surface area (Å²) in [5.41, 5.74) is 10.1. The third-order valence-electron chi connectivity index (χ3n) is 6.56. The van der Waals surface area contributed by atoms with Gasteiger partial charge in [0.05, 0.1) is 11.4 Å². The fourth-order valence-corrected chi connectivity index (χ4v) is 10.1. The second kappa shape index (κ2) is 15.7. The fraction of sp³-hybridized carbons (Fsp3) is 0.571. The van der Waals surface area contributed by atoms with E-state index in [4.69, 9.17) is 9.64 Å². The van der Waals surface area contributed by atoms with Crippen molar-refractivity contribution in [2.24, 2.45) is 10.9 Å². The molecule has 4 radical (unpaired) electrons. The summed E-state index contributed by atoms with van der Waals surface area (Å²) < 4.78 is 7.50. The summed E-state index contributed by atoms with van der Waals surface area (Å²) in [5, 5.41) is 0. The van der Waals surface area contributed by atoms with E-state index < -0.39 is 0 Å². The number of nitrogens with zero attached hydrogens (tertiary/aromatic N) is 1. The monoisotopic (exact) mass is 582 g/mol. The van der Waals surface area contributed by atoms with Crippen LogP contribution < -0.4 is 0 Å². The molecule has 2 nitrogen and oxygen atoms in total. The smallest absolute Gasteiger partial charge is 2.00 e. The molecule has 0 saturated carbocycles. The molecule has 1 aromatic carbocycles. The molecule has 0 amide bonds. The van der Waals surface area contributed by atoms with E-state index in [2.05, 4.69) is 98.5 Å². The van der Waals surface area contributed by atoms with E-state index in [1.54, 1.807) is 0 Å². The molecular formula is C28H41BNOP2Ru+. The molecule has 1 heterocycles. The Kier molecular flexibility index (Phi) is 15.5. The van der Waals surface area contributed by atoms with Gasteiger partial charge in [0.1, 0.15) is 0 Å². The first-order valence-electron chi connectivity index (χ1n) is 12.0. The zero-order chi connectivity index (χ0) is 24.0. The van der Waals surface area contributed by atoms with Crippen molar-refractivity contribution in [3.05, 3.63) is 59.8 Å². The third kappa shape index (κ3) is 8.36. The molecule has 1 aliphatic heterocycles. The molecule has 0 bridgehead atoms. The predicted octanol–water partition coefficient (Wildman–Crippen LogP) is 8.10. The Morgan fingerprint density at radius 1 is 0.912 bits per heavy atom. The SMILES string of the molecule is CC(C)P(CC1=CC=CC2Cc3cccc(CP(C(C)C)C(C)C)c3N=C12)C(C)C.[B-].[C-]#[O+].[Ru+2]. The molecule has 0 fully saturated rings. The van der Waals surface area contributed by atoms with E-state index in [0.717, 1.165) is 29.1 Å². The Morgan fingerprint density at radius 2 is 1.44 bits per heavy atom. The van der Waals surface area contributed by atoms with E-state index in [1.165, 1.54) is 40.4 Å². The first-order chi connectivity index (χ1) is 15.2. The van der Waals surface area contributed by atoms with Crippen LogP contribution in [0.25, 0.3) is 0 Å². The van der Waals surface area contributed by atoms with E-state index in [1.807, 2.05) is 0 Å². The number of allylic oxidation sites excluding steroid dienone is 4. The van der Waals surface area contributed by atoms with E-state index in [0.29, 0.717) is 5.92 Å². The second-order valence-electron chi connectivity index (χ2n) is 10.0. The van der Waals surface area contributed by atoms with Gasteiger partial charge in [-0.1, -0.05) is 108 Å². The summed E-state index contributed by atoms with van der Waals surface area (Å²) in [6.07, 6.45) is 10.6. The van der Waals surface area contributed by atoms with Crippen LogP contribution in [0, 0.1) is 12.6 Å². The largest absolute Gasteiger partial charge is 2.00 e. The van der Waals surface area contributed by atoms with Crippen LogP contribution in [0.4, 0.5) is 5.69 Å². The average molecular weight is 581 g/mol. The van der Waals surface area contributed by atoms with Gasteiger partial charge < -0.3 is 8.41 Å². The minimum atomic E-state index is -0.0263. The van der Waals surface area contributed by atoms with Gasteiger partial charge in [0.2, 0.25) is 0 Å². The van der Waals surface area contributed by atoms with Crippen LogP contribution in [0.2, 0.25) is 0 Å². The predicted molar refractivity (Wildman–Crippen MR) is 151 cm³/mol. The Morgan fingerprint density at radius 3 is 1.97 bits per heavy atom. The standard InChI is InChI=1S/C27H41NP2.CO.B.Ru/c1-18(2)29(19(3)4)16-24-13-9-11-22-15-23-12-10-14-25(27(23)28-26(22)24)17-30(20(5)6)21(7)8;1-2;;/h9-14,18-22H,15-17H2,1-8H3;;;/q;;-1;+2. The van der Waals surface area contributed by atoms with Crippen molar-refractivity contribution < 1.29 is 24.1 Å². The molecular weight excluding hydrogens is 540 g/mol. The average Bonchev–Trinajstić information content (AvgIpc) is 2.74. The molecule has 0 N–H and O–H groups in total. The van der Waals surface area contributed by atoms with Gasteiger partial charge in [-0.15, -0.1) is 0 Å². The number of para-hydroxylation sites is 1. The van der Waals surface area contributed by atoms with Gasteiger partial charge in [-0.05, 0) is 58.1 Å². The molecule has 0 saturated heterocycles. The van der Waals surface area contributed by atoms with Gasteiger partial charge >= 0.3 is 30.8 Å². The fourth-order valence-electron chi connectivity index (χ4n) is 4.93. The van der Waals surface area contributed by atoms with E-state index in [9.17, 15) is 0 Å². The Balaban J connectivity index is 0.00000265. The van der Waals surface area contributed by atoms with Gasteiger partial charge in [-0.25, -0.2) is 0 Å². The van der Waals surface area contributed by atoms with Crippen molar-refractivity contribution in [3.8, 4) is 0 Å². The van der Waals surface area contributed by atoms with E-state index in [-0.39, 0.29) is 43.7 Å². The van der Waals surface area contributed by atoms with Gasteiger partial charge in [0.15, 0.2) is 0 Å². The molecule has 0 aromatic heterocycles. The quantitative estimate of drug-likeness (QED) is 0.129. The number of benzene rings is 1. The second-order valence-corrected chi connectivity index (χ2v) is 16.8. The van der Waals surface area contributed by atoms with Gasteiger partial charge in [-0.3, -0.25) is 4.99 Å². The summed E-state index contributed by atoms with van der Waals surface area (Å²) in [7, 11) is -0.0461. The molecule has 34 heavy (non-hydrogen) atoms. The first-order valence-corrected chi connectivity index (χ1v) is 15.3. The molecule has 2 aliphatic rings. The maximum absolute atomic E-state index is 7.50. The van der Waals surface area contributed by atoms with Gasteiger partial charge in [0.25, 0.3) is 0 Å². The number of hydrogen-bond acceptors (Lipinski definition) is 1. The zero-order valence-electron chi connectivity index (χ0n) is 22.2. The number of fused-ring (bicyclic) bond motifs is 2. The normalized spacial score (nSPS) is 16.4. The number of aliphatic imine (C=N–C) groups is 1. The summed E-state index contributed by atoms with van der Waals surface area (Å²) in [6.45, 7) is 23.7. The van der Waals surface area contributed by atoms with Crippen LogP contribution in [-0.2, 0) is 36.7 Å². The molecule has 6 heteroatoms. The Bertz CT molecular complexity index is 874. The maximum Gasteiger partial charge on any atom is 2.00 e. The van der Waals surface area contributed by atoms with Gasteiger partial charge in [0, 0.05) is 5.92 Å². The minimum Gasteiger partial charge on any atom is 2.00 e. The molecule has 1 unspecified atom stereocenters. The van der Waals surface area contributed by atoms with E-state index >= 15 is 0 Å². The van der Waals surface area contributed by atoms with Crippen LogP contribution in [0.3, 0.4) is 0 Å². The molecule has 1 atom stereocenters. The van der Waals surface area contributed by atoms with Crippen molar-refractivity contribution in [1.82, 2.24) is 0 Å². The molecule has 3 rings (SSSR count). The zero-order valence-corrected chi connectivity index (χ0v) is 25.7. The summed E-state index contributed by atoms with van der Waals surface area (Å²) in [4.78, 5) is 5.41. The molecule has 1 aliphatic carbocycles. The third-order valence-corrected chi connectivity index (χ3v) is 13.3. The van der Waals surface area contributed by atoms with Crippen molar-refractivity contribution in [1.29, 1.82) is 0 Å². The topological polar surface area (TPSA) is 32.3 Å². The van der Waals surface area contributed by atoms with Crippen LogP contribution in [-0.4, -0.2) is 42.9 Å². The van der Waals surface area contributed by atoms with Crippen LogP contribution in [0.15, 0.2) is 47.0 Å². The molecule has 0 spiro atoms. The Labute approximate surface area is 226 Å². The number of rotatable bonds is 8. The van der Waals surface area contributed by atoms with Gasteiger partial charge in [-0.2, -0.15) is 0 Å².